The molecule has 1 N–H and O–H groups in total. The quantitative estimate of drug-likeness (QED) is 0.699. The van der Waals surface area contributed by atoms with E-state index in [-0.39, 0.29) is 0 Å². The Morgan fingerprint density at radius 2 is 1.83 bits per heavy atom. The summed E-state index contributed by atoms with van der Waals surface area (Å²) in [7, 11) is 0. The number of hydrogen-bond acceptors (Lipinski definition) is 3. The molecule has 0 unspecified atom stereocenters. The molecule has 0 spiro atoms. The number of alkyl halides is 3. The van der Waals surface area contributed by atoms with Gasteiger partial charge in [-0.05, 0) is 42.3 Å². The fourth-order valence-electron chi connectivity index (χ4n) is 2.50. The molecule has 1 aromatic carbocycles. The van der Waals surface area contributed by atoms with E-state index >= 15 is 0 Å². The number of halogens is 4. The first-order valence-corrected chi connectivity index (χ1v) is 7.69. The largest absolute Gasteiger partial charge is 0.417 e. The van der Waals surface area contributed by atoms with Crippen molar-refractivity contribution in [3.05, 3.63) is 65.6 Å². The third-order valence-corrected chi connectivity index (χ3v) is 4.03. The van der Waals surface area contributed by atoms with Crippen LogP contribution < -0.4 is 4.84 Å². The van der Waals surface area contributed by atoms with Gasteiger partial charge in [0.05, 0.1) is 11.6 Å². The van der Waals surface area contributed by atoms with Crippen molar-refractivity contribution >= 4 is 17.4 Å². The minimum atomic E-state index is -4.43. The van der Waals surface area contributed by atoms with Crippen LogP contribution in [0.1, 0.15) is 29.4 Å². The van der Waals surface area contributed by atoms with E-state index in [1.54, 1.807) is 0 Å². The topological polar surface area (TPSA) is 42.2 Å². The molecule has 0 saturated heterocycles. The van der Waals surface area contributed by atoms with Crippen molar-refractivity contribution in [2.24, 2.45) is 0 Å². The number of aromatic nitrogens is 3. The minimum Gasteiger partial charge on any atom is -0.284 e. The number of nitrogens with one attached hydrogen (secondary N) is 1. The summed E-state index contributed by atoms with van der Waals surface area (Å²) in [6.45, 7) is 0. The van der Waals surface area contributed by atoms with Crippen molar-refractivity contribution in [3.63, 3.8) is 0 Å². The van der Waals surface area contributed by atoms with Crippen molar-refractivity contribution < 1.29 is 13.2 Å². The Hall–Kier alpha value is -2.12. The molecule has 2 heterocycles. The Kier molecular flexibility index (Phi) is 4.73. The zero-order valence-corrected chi connectivity index (χ0v) is 13.2. The average Bonchev–Trinajstić information content (AvgIpc) is 2.99. The van der Waals surface area contributed by atoms with Gasteiger partial charge in [0.2, 0.25) is 0 Å². The molecular weight excluding hydrogens is 341 g/mol. The van der Waals surface area contributed by atoms with E-state index < -0.39 is 17.8 Å². The van der Waals surface area contributed by atoms with Gasteiger partial charge in [-0.15, -0.1) is 10.2 Å². The first-order chi connectivity index (χ1) is 11.5. The summed E-state index contributed by atoms with van der Waals surface area (Å²) in [5.41, 5.74) is 0.696. The molecule has 0 aliphatic rings. The first kappa shape index (κ1) is 16.7. The monoisotopic (exact) mass is 354 g/mol. The maximum absolute atomic E-state index is 12.9. The molecule has 2 aromatic heterocycles. The number of fused-ring (bicyclic) bond motifs is 1. The summed E-state index contributed by atoms with van der Waals surface area (Å²) in [4.78, 5) is 2.59. The zero-order valence-electron chi connectivity index (χ0n) is 12.5. The highest BCUT2D eigenvalue weighted by atomic mass is 35.5. The van der Waals surface area contributed by atoms with Gasteiger partial charge >= 0.3 is 6.18 Å². The maximum Gasteiger partial charge on any atom is 0.417 e. The van der Waals surface area contributed by atoms with Gasteiger partial charge in [-0.2, -0.15) is 13.2 Å². The molecule has 8 heteroatoms. The van der Waals surface area contributed by atoms with E-state index in [9.17, 15) is 13.2 Å². The molecule has 0 amide bonds. The molecular formula is C16H14ClF3N4. The number of rotatable bonds is 5. The fraction of sp³-hybridized carbons (Fsp3) is 0.250. The van der Waals surface area contributed by atoms with Crippen molar-refractivity contribution in [1.82, 2.24) is 19.4 Å². The van der Waals surface area contributed by atoms with Gasteiger partial charge in [0.15, 0.2) is 11.5 Å². The second kappa shape index (κ2) is 6.78. The minimum absolute atomic E-state index is 0.342. The van der Waals surface area contributed by atoms with Gasteiger partial charge in [0.1, 0.15) is 0 Å². The lowest BCUT2D eigenvalue weighted by Gasteiger charge is -2.14. The van der Waals surface area contributed by atoms with Crippen LogP contribution in [0.15, 0.2) is 48.7 Å². The number of pyridine rings is 1. The van der Waals surface area contributed by atoms with E-state index in [4.69, 9.17) is 11.8 Å². The van der Waals surface area contributed by atoms with Crippen molar-refractivity contribution in [1.29, 1.82) is 0 Å². The van der Waals surface area contributed by atoms with E-state index in [1.165, 1.54) is 10.5 Å². The Bertz CT molecular complexity index is 817. The van der Waals surface area contributed by atoms with Crippen LogP contribution in [0.2, 0.25) is 0 Å². The number of aryl methyl sites for hydroxylation is 1. The van der Waals surface area contributed by atoms with Gasteiger partial charge in [0, 0.05) is 6.20 Å². The van der Waals surface area contributed by atoms with Gasteiger partial charge in [-0.3, -0.25) is 4.40 Å². The molecule has 1 atom stereocenters. The van der Waals surface area contributed by atoms with E-state index in [1.807, 2.05) is 30.3 Å². The molecule has 0 fully saturated rings. The standard InChI is InChI=1S/C16H14ClF3N4/c17-21-13(8-6-11-4-2-1-3-5-11)15-23-22-14-9-7-12(10-24(14)15)16(18,19)20/h1-5,7,9-10,13,21H,6,8H2/t13-/m1/s1. The summed E-state index contributed by atoms with van der Waals surface area (Å²) in [5.74, 6) is 0.349. The van der Waals surface area contributed by atoms with Crippen LogP contribution in [-0.2, 0) is 12.6 Å². The van der Waals surface area contributed by atoms with Crippen LogP contribution >= 0.6 is 11.8 Å². The third kappa shape index (κ3) is 3.52. The van der Waals surface area contributed by atoms with E-state index in [0.717, 1.165) is 17.8 Å². The summed E-state index contributed by atoms with van der Waals surface area (Å²) >= 11 is 5.80. The maximum atomic E-state index is 12.9. The van der Waals surface area contributed by atoms with Gasteiger partial charge in [-0.1, -0.05) is 30.3 Å². The third-order valence-electron chi connectivity index (χ3n) is 3.76. The highest BCUT2D eigenvalue weighted by molar-refractivity contribution is 6.13. The van der Waals surface area contributed by atoms with Crippen LogP contribution in [-0.4, -0.2) is 14.6 Å². The summed E-state index contributed by atoms with van der Waals surface area (Å²) < 4.78 is 40.1. The second-order valence-electron chi connectivity index (χ2n) is 5.39. The van der Waals surface area contributed by atoms with E-state index in [2.05, 4.69) is 15.0 Å². The molecule has 0 saturated carbocycles. The van der Waals surface area contributed by atoms with E-state index in [0.29, 0.717) is 24.3 Å². The molecule has 3 rings (SSSR count). The molecule has 4 nitrogen and oxygen atoms in total. The van der Waals surface area contributed by atoms with Crippen molar-refractivity contribution in [3.8, 4) is 0 Å². The van der Waals surface area contributed by atoms with Crippen LogP contribution in [0.4, 0.5) is 13.2 Å². The van der Waals surface area contributed by atoms with Crippen LogP contribution in [0, 0.1) is 0 Å². The molecule has 0 aliphatic carbocycles. The molecule has 24 heavy (non-hydrogen) atoms. The molecule has 0 bridgehead atoms. The fourth-order valence-corrected chi connectivity index (χ4v) is 2.71. The summed E-state index contributed by atoms with van der Waals surface area (Å²) in [6, 6.07) is 11.6. The van der Waals surface area contributed by atoms with Crippen LogP contribution in [0.3, 0.4) is 0 Å². The molecule has 0 aliphatic heterocycles. The lowest BCUT2D eigenvalue weighted by atomic mass is 10.1. The Morgan fingerprint density at radius 1 is 1.08 bits per heavy atom. The van der Waals surface area contributed by atoms with Crippen LogP contribution in [0.25, 0.3) is 5.65 Å². The highest BCUT2D eigenvalue weighted by Gasteiger charge is 2.31. The van der Waals surface area contributed by atoms with Gasteiger partial charge < -0.3 is 0 Å². The highest BCUT2D eigenvalue weighted by Crippen LogP contribution is 2.30. The van der Waals surface area contributed by atoms with Gasteiger partial charge in [-0.25, -0.2) is 4.84 Å². The zero-order chi connectivity index (χ0) is 17.2. The predicted molar refractivity (Wildman–Crippen MR) is 84.5 cm³/mol. The lowest BCUT2D eigenvalue weighted by molar-refractivity contribution is -0.137. The average molecular weight is 355 g/mol. The Labute approximate surface area is 141 Å². The summed E-state index contributed by atoms with van der Waals surface area (Å²) in [6.07, 6.45) is -2.15. The second-order valence-corrected chi connectivity index (χ2v) is 5.61. The SMILES string of the molecule is FC(F)(F)c1ccc2nnc([C@@H](CCc3ccccc3)NCl)n2c1. The van der Waals surface area contributed by atoms with Crippen molar-refractivity contribution in [2.45, 2.75) is 25.1 Å². The first-order valence-electron chi connectivity index (χ1n) is 7.31. The van der Waals surface area contributed by atoms with Crippen molar-refractivity contribution in [2.75, 3.05) is 0 Å². The number of nitrogens with zero attached hydrogens (tertiary/aromatic N) is 3. The lowest BCUT2D eigenvalue weighted by Crippen LogP contribution is -2.16. The summed E-state index contributed by atoms with van der Waals surface area (Å²) in [5, 5.41) is 7.91. The Morgan fingerprint density at radius 3 is 2.50 bits per heavy atom. The smallest absolute Gasteiger partial charge is 0.284 e. The predicted octanol–water partition coefficient (Wildman–Crippen LogP) is 4.17. The number of benzene rings is 1. The Balaban J connectivity index is 1.88. The normalized spacial score (nSPS) is 13.3. The molecule has 0 radical (unpaired) electrons. The molecule has 126 valence electrons. The number of hydrogen-bond donors (Lipinski definition) is 1. The van der Waals surface area contributed by atoms with Crippen LogP contribution in [0.5, 0.6) is 0 Å². The van der Waals surface area contributed by atoms with Gasteiger partial charge in [0.25, 0.3) is 0 Å². The molecule has 3 aromatic rings.